The third-order valence-corrected chi connectivity index (χ3v) is 6.01. The number of hydrogen-bond acceptors (Lipinski definition) is 5. The second kappa shape index (κ2) is 11.0. The van der Waals surface area contributed by atoms with Crippen molar-refractivity contribution >= 4 is 52.1 Å². The highest BCUT2D eigenvalue weighted by Crippen LogP contribution is 2.42. The predicted molar refractivity (Wildman–Crippen MR) is 130 cm³/mol. The van der Waals surface area contributed by atoms with Crippen LogP contribution in [0.1, 0.15) is 37.8 Å². The van der Waals surface area contributed by atoms with Gasteiger partial charge in [-0.05, 0) is 42.3 Å². The molecule has 32 heavy (non-hydrogen) atoms. The number of nitrogens with one attached hydrogen (secondary N) is 1. The molecule has 0 spiro atoms. The van der Waals surface area contributed by atoms with Crippen LogP contribution in [0.25, 0.3) is 0 Å². The Balaban J connectivity index is 1.97. The molecule has 1 aliphatic heterocycles. The molecule has 1 heterocycles. The molecule has 0 bridgehead atoms. The molecule has 1 aliphatic rings. The zero-order chi connectivity index (χ0) is 23.3. The summed E-state index contributed by atoms with van der Waals surface area (Å²) in [5, 5.41) is 19.3. The number of unbranched alkanes of at least 4 members (excludes halogenated alkanes) is 2. The van der Waals surface area contributed by atoms with Crippen LogP contribution in [-0.4, -0.2) is 30.2 Å². The van der Waals surface area contributed by atoms with E-state index < -0.39 is 17.9 Å². The average Bonchev–Trinajstić information content (AvgIpc) is 3.14. The fraction of sp³-hybridized carbons (Fsp3) is 0.348. The fourth-order valence-corrected chi connectivity index (χ4v) is 4.22. The lowest BCUT2D eigenvalue weighted by atomic mass is 9.90. The molecule has 1 amide bonds. The molecule has 168 valence electrons. The third-order valence-electron chi connectivity index (χ3n) is 5.22. The Morgan fingerprint density at radius 1 is 1.16 bits per heavy atom. The van der Waals surface area contributed by atoms with Crippen molar-refractivity contribution in [3.63, 3.8) is 0 Å². The summed E-state index contributed by atoms with van der Waals surface area (Å²) in [6, 6.07) is 13.9. The first kappa shape index (κ1) is 24.3. The quantitative estimate of drug-likeness (QED) is 0.370. The third kappa shape index (κ3) is 5.54. The lowest BCUT2D eigenvalue weighted by Gasteiger charge is -2.26. The number of hydrazone groups is 1. The molecular formula is C23H24Cl3N5O. The van der Waals surface area contributed by atoms with E-state index in [9.17, 15) is 10.1 Å². The number of rotatable bonds is 8. The first-order valence-corrected chi connectivity index (χ1v) is 11.5. The van der Waals surface area contributed by atoms with Gasteiger partial charge in [-0.3, -0.25) is 15.2 Å². The maximum Gasteiger partial charge on any atom is 0.283 e. The van der Waals surface area contributed by atoms with Crippen LogP contribution in [0.15, 0.2) is 47.6 Å². The number of carbonyl (C=O) groups is 1. The number of amides is 1. The first-order chi connectivity index (χ1) is 15.3. The molecule has 0 fully saturated rings. The van der Waals surface area contributed by atoms with Crippen LogP contribution in [-0.2, 0) is 4.79 Å². The molecule has 0 aromatic heterocycles. The molecule has 2 aromatic carbocycles. The molecule has 9 heteroatoms. The molecule has 2 unspecified atom stereocenters. The molecule has 0 aliphatic carbocycles. The van der Waals surface area contributed by atoms with Gasteiger partial charge in [0, 0.05) is 23.6 Å². The van der Waals surface area contributed by atoms with Gasteiger partial charge in [-0.2, -0.15) is 10.4 Å². The Morgan fingerprint density at radius 2 is 1.84 bits per heavy atom. The number of hydrazine groups is 1. The van der Waals surface area contributed by atoms with Crippen molar-refractivity contribution in [2.75, 3.05) is 18.6 Å². The van der Waals surface area contributed by atoms with Gasteiger partial charge in [0.05, 0.1) is 22.8 Å². The highest BCUT2D eigenvalue weighted by atomic mass is 35.5. The molecule has 6 nitrogen and oxygen atoms in total. The average molecular weight is 493 g/mol. The fourth-order valence-electron chi connectivity index (χ4n) is 3.60. The van der Waals surface area contributed by atoms with Crippen molar-refractivity contribution in [3.05, 3.63) is 63.1 Å². The van der Waals surface area contributed by atoms with E-state index in [1.54, 1.807) is 47.4 Å². The van der Waals surface area contributed by atoms with Gasteiger partial charge in [-0.15, -0.1) is 0 Å². The first-order valence-electron chi connectivity index (χ1n) is 10.4. The van der Waals surface area contributed by atoms with Gasteiger partial charge in [0.15, 0.2) is 0 Å². The topological polar surface area (TPSA) is 71.7 Å². The van der Waals surface area contributed by atoms with Crippen molar-refractivity contribution in [2.24, 2.45) is 11.0 Å². The van der Waals surface area contributed by atoms with E-state index in [1.807, 2.05) is 12.1 Å². The second-order valence-electron chi connectivity index (χ2n) is 7.60. The number of anilines is 1. The van der Waals surface area contributed by atoms with Crippen molar-refractivity contribution in [3.8, 4) is 6.07 Å². The zero-order valence-corrected chi connectivity index (χ0v) is 20.1. The van der Waals surface area contributed by atoms with E-state index in [1.165, 1.54) is 0 Å². The van der Waals surface area contributed by atoms with Crippen LogP contribution >= 0.6 is 34.8 Å². The lowest BCUT2D eigenvalue weighted by Crippen LogP contribution is -2.44. The van der Waals surface area contributed by atoms with E-state index in [4.69, 9.17) is 34.8 Å². The van der Waals surface area contributed by atoms with Gasteiger partial charge >= 0.3 is 0 Å². The van der Waals surface area contributed by atoms with E-state index in [2.05, 4.69) is 23.5 Å². The van der Waals surface area contributed by atoms with Gasteiger partial charge in [0.2, 0.25) is 0 Å². The summed E-state index contributed by atoms with van der Waals surface area (Å²) in [5.74, 6) is -1.23. The number of nitrogens with zero attached hydrogens (tertiary/aromatic N) is 4. The minimum absolute atomic E-state index is 0.126. The Labute approximate surface area is 203 Å². The summed E-state index contributed by atoms with van der Waals surface area (Å²) >= 11 is 18.6. The Morgan fingerprint density at radius 3 is 2.47 bits per heavy atom. The Bertz CT molecular complexity index is 1030. The Hall–Kier alpha value is -2.30. The minimum Gasteiger partial charge on any atom is -0.284 e. The highest BCUT2D eigenvalue weighted by Gasteiger charge is 2.43. The van der Waals surface area contributed by atoms with Crippen molar-refractivity contribution in [1.29, 1.82) is 5.26 Å². The second-order valence-corrected chi connectivity index (χ2v) is 8.88. The van der Waals surface area contributed by atoms with Crippen LogP contribution < -0.4 is 10.4 Å². The van der Waals surface area contributed by atoms with E-state index in [-0.39, 0.29) is 5.71 Å². The van der Waals surface area contributed by atoms with Gasteiger partial charge in [-0.1, -0.05) is 66.7 Å². The SMILES string of the molecule is CCCCCN(C)NC(=O)C1=NN(c2ccc(Cl)cc2Cl)C(c2ccc(Cl)cc2)C1C#N. The van der Waals surface area contributed by atoms with E-state index in [0.717, 1.165) is 24.8 Å². The predicted octanol–water partition coefficient (Wildman–Crippen LogP) is 5.86. The van der Waals surface area contributed by atoms with E-state index >= 15 is 0 Å². The summed E-state index contributed by atoms with van der Waals surface area (Å²) in [6.07, 6.45) is 3.12. The largest absolute Gasteiger partial charge is 0.284 e. The van der Waals surface area contributed by atoms with Crippen LogP contribution in [0.5, 0.6) is 0 Å². The zero-order valence-electron chi connectivity index (χ0n) is 17.9. The van der Waals surface area contributed by atoms with Crippen LogP contribution in [0.4, 0.5) is 5.69 Å². The summed E-state index contributed by atoms with van der Waals surface area (Å²) < 4.78 is 0. The van der Waals surface area contributed by atoms with Gasteiger partial charge in [-0.25, -0.2) is 5.01 Å². The van der Waals surface area contributed by atoms with E-state index in [0.29, 0.717) is 27.3 Å². The van der Waals surface area contributed by atoms with Gasteiger partial charge in [0.25, 0.3) is 5.91 Å². The molecular weight excluding hydrogens is 469 g/mol. The van der Waals surface area contributed by atoms with Crippen molar-refractivity contribution in [2.45, 2.75) is 32.2 Å². The van der Waals surface area contributed by atoms with Crippen LogP contribution in [0.3, 0.4) is 0 Å². The summed E-state index contributed by atoms with van der Waals surface area (Å²) in [7, 11) is 1.80. The normalized spacial score (nSPS) is 17.9. The van der Waals surface area contributed by atoms with Gasteiger partial charge < -0.3 is 0 Å². The molecule has 0 radical (unpaired) electrons. The molecule has 0 saturated carbocycles. The smallest absolute Gasteiger partial charge is 0.283 e. The standard InChI is InChI=1S/C23H24Cl3N5O/c1-3-4-5-12-30(2)29-23(32)21-18(14-27)22(15-6-8-16(24)9-7-15)31(28-21)20-11-10-17(25)13-19(20)26/h6-11,13,18,22H,3-5,12H2,1-2H3,(H,29,32). The molecule has 2 aromatic rings. The number of hydrogen-bond donors (Lipinski definition) is 1. The summed E-state index contributed by atoms with van der Waals surface area (Å²) in [5.41, 5.74) is 4.30. The van der Waals surface area contributed by atoms with Gasteiger partial charge in [0.1, 0.15) is 11.6 Å². The van der Waals surface area contributed by atoms with Crippen LogP contribution in [0, 0.1) is 17.2 Å². The summed E-state index contributed by atoms with van der Waals surface area (Å²) in [4.78, 5) is 13.1. The molecule has 1 N–H and O–H groups in total. The molecule has 0 saturated heterocycles. The number of carbonyl (C=O) groups excluding carboxylic acids is 1. The number of nitriles is 1. The number of benzene rings is 2. The molecule has 2 atom stereocenters. The maximum atomic E-state index is 13.1. The number of halogens is 3. The molecule has 3 rings (SSSR count). The maximum absolute atomic E-state index is 13.1. The van der Waals surface area contributed by atoms with Crippen LogP contribution in [0.2, 0.25) is 15.1 Å². The monoisotopic (exact) mass is 491 g/mol. The summed E-state index contributed by atoms with van der Waals surface area (Å²) in [6.45, 7) is 2.83. The minimum atomic E-state index is -0.813. The van der Waals surface area contributed by atoms with Crippen molar-refractivity contribution in [1.82, 2.24) is 10.4 Å². The van der Waals surface area contributed by atoms with Crippen molar-refractivity contribution < 1.29 is 4.79 Å². The Kier molecular flexibility index (Phi) is 8.38. The highest BCUT2D eigenvalue weighted by molar-refractivity contribution is 6.41. The lowest BCUT2D eigenvalue weighted by molar-refractivity contribution is -0.119.